The fourth-order valence-electron chi connectivity index (χ4n) is 2.24. The number of carbonyl (C=O) groups is 1. The number of benzene rings is 2. The second kappa shape index (κ2) is 8.19. The highest BCUT2D eigenvalue weighted by molar-refractivity contribution is 5.73. The molecule has 0 radical (unpaired) electrons. The summed E-state index contributed by atoms with van der Waals surface area (Å²) in [5, 5.41) is 2.80. The summed E-state index contributed by atoms with van der Waals surface area (Å²) in [6.45, 7) is 0.769. The van der Waals surface area contributed by atoms with Crippen LogP contribution in [-0.4, -0.2) is 32.2 Å². The molecule has 0 bridgehead atoms. The van der Waals surface area contributed by atoms with Gasteiger partial charge in [-0.05, 0) is 35.4 Å². The monoisotopic (exact) mass is 332 g/mol. The first kappa shape index (κ1) is 17.6. The zero-order valence-corrected chi connectivity index (χ0v) is 14.0. The maximum absolute atomic E-state index is 12.9. The molecule has 0 unspecified atom stereocenters. The van der Waals surface area contributed by atoms with Gasteiger partial charge >= 0.3 is 6.03 Å². The lowest BCUT2D eigenvalue weighted by molar-refractivity contribution is 0.206. The molecule has 0 heterocycles. The molecule has 0 aliphatic heterocycles. The van der Waals surface area contributed by atoms with Gasteiger partial charge in [0.2, 0.25) is 0 Å². The number of hydrogen-bond donors (Lipinski definition) is 1. The first-order chi connectivity index (χ1) is 11.5. The van der Waals surface area contributed by atoms with Crippen LogP contribution in [0.15, 0.2) is 42.5 Å². The molecule has 5 nitrogen and oxygen atoms in total. The minimum Gasteiger partial charge on any atom is -0.493 e. The number of rotatable bonds is 6. The van der Waals surface area contributed by atoms with Crippen LogP contribution < -0.4 is 14.8 Å². The highest BCUT2D eigenvalue weighted by Gasteiger charge is 2.11. The number of carbonyl (C=O) groups excluding carboxylic acids is 1. The van der Waals surface area contributed by atoms with Crippen LogP contribution in [0.2, 0.25) is 0 Å². The summed E-state index contributed by atoms with van der Waals surface area (Å²) in [4.78, 5) is 13.7. The number of urea groups is 1. The van der Waals surface area contributed by atoms with Crippen LogP contribution >= 0.6 is 0 Å². The first-order valence-corrected chi connectivity index (χ1v) is 7.47. The molecule has 6 heteroatoms. The number of nitrogens with zero attached hydrogens (tertiary/aromatic N) is 1. The van der Waals surface area contributed by atoms with Gasteiger partial charge < -0.3 is 19.7 Å². The molecule has 2 amide bonds. The van der Waals surface area contributed by atoms with E-state index in [0.29, 0.717) is 24.6 Å². The zero-order chi connectivity index (χ0) is 17.5. The van der Waals surface area contributed by atoms with E-state index in [1.165, 1.54) is 12.1 Å². The largest absolute Gasteiger partial charge is 0.493 e. The van der Waals surface area contributed by atoms with Crippen molar-refractivity contribution in [3.63, 3.8) is 0 Å². The molecule has 24 heavy (non-hydrogen) atoms. The van der Waals surface area contributed by atoms with Crippen molar-refractivity contribution in [2.75, 3.05) is 21.3 Å². The summed E-state index contributed by atoms with van der Waals surface area (Å²) in [5.41, 5.74) is 1.76. The third-order valence-corrected chi connectivity index (χ3v) is 3.57. The molecule has 0 atom stereocenters. The van der Waals surface area contributed by atoms with Gasteiger partial charge in [0.05, 0.1) is 14.2 Å². The molecule has 2 aromatic carbocycles. The van der Waals surface area contributed by atoms with E-state index in [-0.39, 0.29) is 11.8 Å². The molecule has 0 saturated carbocycles. The predicted octanol–water partition coefficient (Wildman–Crippen LogP) is 3.18. The number of ether oxygens (including phenoxy) is 2. The van der Waals surface area contributed by atoms with Gasteiger partial charge in [-0.1, -0.05) is 18.2 Å². The van der Waals surface area contributed by atoms with Crippen LogP contribution in [0.1, 0.15) is 11.1 Å². The number of hydrogen-bond acceptors (Lipinski definition) is 3. The van der Waals surface area contributed by atoms with Gasteiger partial charge in [-0.3, -0.25) is 0 Å². The highest BCUT2D eigenvalue weighted by atomic mass is 19.1. The Morgan fingerprint density at radius 1 is 1.04 bits per heavy atom. The molecule has 0 fully saturated rings. The Kier molecular flexibility index (Phi) is 6.01. The number of halogens is 1. The third kappa shape index (κ3) is 4.62. The second-order valence-corrected chi connectivity index (χ2v) is 5.33. The van der Waals surface area contributed by atoms with Crippen molar-refractivity contribution in [3.8, 4) is 11.5 Å². The lowest BCUT2D eigenvalue weighted by atomic mass is 10.2. The van der Waals surface area contributed by atoms with Gasteiger partial charge in [-0.25, -0.2) is 9.18 Å². The molecule has 1 N–H and O–H groups in total. The quantitative estimate of drug-likeness (QED) is 0.884. The predicted molar refractivity (Wildman–Crippen MR) is 89.6 cm³/mol. The van der Waals surface area contributed by atoms with E-state index < -0.39 is 0 Å². The van der Waals surface area contributed by atoms with Crippen LogP contribution in [0.4, 0.5) is 9.18 Å². The standard InChI is InChI=1S/C18H21FN2O3/c1-21(12-14-6-9-16(23-2)17(10-14)24-3)18(22)20-11-13-4-7-15(19)8-5-13/h4-10H,11-12H2,1-3H3,(H,20,22). The van der Waals surface area contributed by atoms with E-state index in [4.69, 9.17) is 9.47 Å². The SMILES string of the molecule is COc1ccc(CN(C)C(=O)NCc2ccc(F)cc2)cc1OC. The number of methoxy groups -OCH3 is 2. The van der Waals surface area contributed by atoms with Gasteiger partial charge in [-0.15, -0.1) is 0 Å². The molecule has 0 aliphatic rings. The summed E-state index contributed by atoms with van der Waals surface area (Å²) in [7, 11) is 4.85. The van der Waals surface area contributed by atoms with Crippen molar-refractivity contribution in [1.82, 2.24) is 10.2 Å². The Morgan fingerprint density at radius 2 is 1.67 bits per heavy atom. The van der Waals surface area contributed by atoms with Crippen molar-refractivity contribution in [2.24, 2.45) is 0 Å². The summed E-state index contributed by atoms with van der Waals surface area (Å²) >= 11 is 0. The second-order valence-electron chi connectivity index (χ2n) is 5.33. The van der Waals surface area contributed by atoms with Gasteiger partial charge in [0.25, 0.3) is 0 Å². The fourth-order valence-corrected chi connectivity index (χ4v) is 2.24. The highest BCUT2D eigenvalue weighted by Crippen LogP contribution is 2.27. The molecule has 2 aromatic rings. The molecule has 128 valence electrons. The number of nitrogens with one attached hydrogen (secondary N) is 1. The first-order valence-electron chi connectivity index (χ1n) is 7.47. The Bertz CT molecular complexity index is 689. The third-order valence-electron chi connectivity index (χ3n) is 3.57. The molecular formula is C18H21FN2O3. The van der Waals surface area contributed by atoms with Crippen molar-refractivity contribution >= 4 is 6.03 Å². The maximum Gasteiger partial charge on any atom is 0.317 e. The average Bonchev–Trinajstić information content (AvgIpc) is 2.60. The van der Waals surface area contributed by atoms with Gasteiger partial charge in [0.1, 0.15) is 5.82 Å². The fraction of sp³-hybridized carbons (Fsp3) is 0.278. The van der Waals surface area contributed by atoms with E-state index >= 15 is 0 Å². The Labute approximate surface area is 141 Å². The molecule has 0 saturated heterocycles. The number of amides is 2. The topological polar surface area (TPSA) is 50.8 Å². The minimum absolute atomic E-state index is 0.214. The van der Waals surface area contributed by atoms with E-state index in [2.05, 4.69) is 5.32 Å². The van der Waals surface area contributed by atoms with Crippen LogP contribution in [0.5, 0.6) is 11.5 Å². The van der Waals surface area contributed by atoms with Gasteiger partial charge in [-0.2, -0.15) is 0 Å². The van der Waals surface area contributed by atoms with Gasteiger partial charge in [0, 0.05) is 20.1 Å². The molecular weight excluding hydrogens is 311 g/mol. The lowest BCUT2D eigenvalue weighted by Crippen LogP contribution is -2.36. The molecule has 0 aromatic heterocycles. The van der Waals surface area contributed by atoms with Gasteiger partial charge in [0.15, 0.2) is 11.5 Å². The average molecular weight is 332 g/mol. The normalized spacial score (nSPS) is 10.2. The zero-order valence-electron chi connectivity index (χ0n) is 14.0. The van der Waals surface area contributed by atoms with E-state index in [1.54, 1.807) is 44.4 Å². The summed E-state index contributed by atoms with van der Waals surface area (Å²) in [5.74, 6) is 0.968. The van der Waals surface area contributed by atoms with Crippen LogP contribution in [0, 0.1) is 5.82 Å². The van der Waals surface area contributed by atoms with Crippen LogP contribution in [0.25, 0.3) is 0 Å². The van der Waals surface area contributed by atoms with Crippen molar-refractivity contribution < 1.29 is 18.7 Å². The molecule has 0 aliphatic carbocycles. The summed E-state index contributed by atoms with van der Waals surface area (Å²) < 4.78 is 23.3. The van der Waals surface area contributed by atoms with Crippen molar-refractivity contribution in [2.45, 2.75) is 13.1 Å². The summed E-state index contributed by atoms with van der Waals surface area (Å²) in [6.07, 6.45) is 0. The lowest BCUT2D eigenvalue weighted by Gasteiger charge is -2.19. The summed E-state index contributed by atoms with van der Waals surface area (Å²) in [6, 6.07) is 11.3. The Balaban J connectivity index is 1.92. The molecule has 2 rings (SSSR count). The minimum atomic E-state index is -0.296. The van der Waals surface area contributed by atoms with E-state index in [1.807, 2.05) is 12.1 Å². The van der Waals surface area contributed by atoms with Crippen LogP contribution in [0.3, 0.4) is 0 Å². The van der Waals surface area contributed by atoms with E-state index in [9.17, 15) is 9.18 Å². The molecule has 0 spiro atoms. The van der Waals surface area contributed by atoms with Crippen molar-refractivity contribution in [1.29, 1.82) is 0 Å². The maximum atomic E-state index is 12.9. The Hall–Kier alpha value is -2.76. The van der Waals surface area contributed by atoms with E-state index in [0.717, 1.165) is 11.1 Å². The van der Waals surface area contributed by atoms with Crippen molar-refractivity contribution in [3.05, 3.63) is 59.4 Å². The Morgan fingerprint density at radius 3 is 2.29 bits per heavy atom. The van der Waals surface area contributed by atoms with Crippen LogP contribution in [-0.2, 0) is 13.1 Å². The smallest absolute Gasteiger partial charge is 0.317 e.